The van der Waals surface area contributed by atoms with Gasteiger partial charge in [0.15, 0.2) is 0 Å². The van der Waals surface area contributed by atoms with Crippen molar-refractivity contribution in [3.8, 4) is 61.3 Å². The number of hydrogen-bond donors (Lipinski definition) is 0. The van der Waals surface area contributed by atoms with E-state index in [-0.39, 0.29) is 10.8 Å². The Hall–Kier alpha value is -6.44. The largest absolute Gasteiger partial charge is 0.309 e. The summed E-state index contributed by atoms with van der Waals surface area (Å²) < 4.78 is 2.46. The number of rotatable bonds is 4. The predicted octanol–water partition coefficient (Wildman–Crippen LogP) is 14.4. The molecule has 0 bridgehead atoms. The van der Waals surface area contributed by atoms with Crippen molar-refractivity contribution in [3.63, 3.8) is 0 Å². The van der Waals surface area contributed by atoms with Crippen LogP contribution in [-0.4, -0.2) is 4.57 Å². The first-order valence-corrected chi connectivity index (χ1v) is 19.5. The lowest BCUT2D eigenvalue weighted by Crippen LogP contribution is -2.14. The van der Waals surface area contributed by atoms with Crippen LogP contribution in [0, 0.1) is 0 Å². The van der Waals surface area contributed by atoms with Gasteiger partial charge in [0, 0.05) is 27.3 Å². The number of benzene rings is 8. The average Bonchev–Trinajstić information content (AvgIpc) is 3.77. The fourth-order valence-electron chi connectivity index (χ4n) is 9.98. The van der Waals surface area contributed by atoms with Crippen molar-refractivity contribution < 1.29 is 0 Å². The number of para-hydroxylation sites is 1. The Morgan fingerprint density at radius 2 is 0.782 bits per heavy atom. The molecule has 2 aliphatic rings. The van der Waals surface area contributed by atoms with Crippen LogP contribution in [0.1, 0.15) is 49.9 Å². The first-order valence-electron chi connectivity index (χ1n) is 19.5. The van der Waals surface area contributed by atoms with E-state index in [0.29, 0.717) is 0 Å². The quantitative estimate of drug-likeness (QED) is 0.172. The highest BCUT2D eigenvalue weighted by atomic mass is 15.0. The van der Waals surface area contributed by atoms with Crippen LogP contribution in [0.25, 0.3) is 83.1 Å². The van der Waals surface area contributed by atoms with Crippen LogP contribution < -0.4 is 0 Å². The standard InChI is InChI=1S/C54H41N/c1-53(2)47-19-11-8-16-39(47)44-30-36(24-28-49(44)53)42-32-46-41-18-10-13-21-51(41)55(38-26-22-35(23-27-38)34-14-6-5-7-15-34)52(46)33-43(42)37-25-29-50-45(31-37)40-17-9-12-20-48(40)54(50,3)4/h5-33H,1-4H3. The molecule has 0 unspecified atom stereocenters. The fourth-order valence-corrected chi connectivity index (χ4v) is 9.98. The van der Waals surface area contributed by atoms with Gasteiger partial charge in [0.2, 0.25) is 0 Å². The van der Waals surface area contributed by atoms with E-state index < -0.39 is 0 Å². The minimum atomic E-state index is -0.0459. The maximum Gasteiger partial charge on any atom is 0.0547 e. The SMILES string of the molecule is CC1(C)c2ccccc2-c2cc(-c3cc4c5ccccc5n(-c5ccc(-c6ccccc6)cc5)c4cc3-c3ccc4c(c3)-c3ccccc3C4(C)C)ccc21. The van der Waals surface area contributed by atoms with Crippen LogP contribution in [0.5, 0.6) is 0 Å². The highest BCUT2D eigenvalue weighted by molar-refractivity contribution is 6.13. The maximum atomic E-state index is 2.47. The minimum Gasteiger partial charge on any atom is -0.309 e. The molecule has 0 amide bonds. The van der Waals surface area contributed by atoms with Gasteiger partial charge in [-0.2, -0.15) is 0 Å². The smallest absolute Gasteiger partial charge is 0.0547 e. The molecule has 55 heavy (non-hydrogen) atoms. The first-order chi connectivity index (χ1) is 26.8. The molecule has 0 aliphatic heterocycles. The van der Waals surface area contributed by atoms with E-state index in [1.54, 1.807) is 0 Å². The summed E-state index contributed by atoms with van der Waals surface area (Å²) in [5.74, 6) is 0. The van der Waals surface area contributed by atoms with Crippen LogP contribution in [0.4, 0.5) is 0 Å². The summed E-state index contributed by atoms with van der Waals surface area (Å²) in [5, 5.41) is 2.52. The molecule has 0 N–H and O–H groups in total. The van der Waals surface area contributed by atoms with E-state index in [1.165, 1.54) is 99.7 Å². The van der Waals surface area contributed by atoms with E-state index in [2.05, 4.69) is 208 Å². The van der Waals surface area contributed by atoms with Gasteiger partial charge in [-0.25, -0.2) is 0 Å². The van der Waals surface area contributed by atoms with Crippen molar-refractivity contribution in [3.05, 3.63) is 198 Å². The predicted molar refractivity (Wildman–Crippen MR) is 232 cm³/mol. The molecule has 0 spiro atoms. The van der Waals surface area contributed by atoms with Crippen LogP contribution in [0.2, 0.25) is 0 Å². The van der Waals surface area contributed by atoms with Crippen molar-refractivity contribution >= 4 is 21.8 Å². The third kappa shape index (κ3) is 4.60. The van der Waals surface area contributed by atoms with Crippen LogP contribution in [0.15, 0.2) is 176 Å². The summed E-state index contributed by atoms with van der Waals surface area (Å²) in [5.41, 5.74) is 21.9. The second-order valence-electron chi connectivity index (χ2n) is 16.5. The zero-order valence-electron chi connectivity index (χ0n) is 31.7. The average molecular weight is 704 g/mol. The molecule has 2 aliphatic carbocycles. The molecule has 262 valence electrons. The number of nitrogens with zero attached hydrogens (tertiary/aromatic N) is 1. The summed E-state index contributed by atoms with van der Waals surface area (Å²) in [6, 6.07) is 65.9. The lowest BCUT2D eigenvalue weighted by atomic mass is 9.81. The fraction of sp³-hybridized carbons (Fsp3) is 0.111. The van der Waals surface area contributed by atoms with E-state index in [4.69, 9.17) is 0 Å². The lowest BCUT2D eigenvalue weighted by Gasteiger charge is -2.22. The molecular weight excluding hydrogens is 663 g/mol. The summed E-state index contributed by atoms with van der Waals surface area (Å²) in [4.78, 5) is 0. The van der Waals surface area contributed by atoms with Gasteiger partial charge in [-0.3, -0.25) is 0 Å². The molecule has 0 saturated carbocycles. The van der Waals surface area contributed by atoms with Gasteiger partial charge in [0.05, 0.1) is 11.0 Å². The van der Waals surface area contributed by atoms with Gasteiger partial charge in [-0.1, -0.05) is 161 Å². The van der Waals surface area contributed by atoms with Crippen LogP contribution in [-0.2, 0) is 10.8 Å². The molecule has 0 saturated heterocycles. The molecule has 0 radical (unpaired) electrons. The highest BCUT2D eigenvalue weighted by Crippen LogP contribution is 2.52. The summed E-state index contributed by atoms with van der Waals surface area (Å²) in [6.07, 6.45) is 0. The van der Waals surface area contributed by atoms with Crippen molar-refractivity contribution in [1.29, 1.82) is 0 Å². The molecule has 0 fully saturated rings. The summed E-state index contributed by atoms with van der Waals surface area (Å²) in [7, 11) is 0. The number of fused-ring (bicyclic) bond motifs is 9. The summed E-state index contributed by atoms with van der Waals surface area (Å²) >= 11 is 0. The second kappa shape index (κ2) is 11.5. The zero-order valence-corrected chi connectivity index (χ0v) is 31.7. The number of aromatic nitrogens is 1. The van der Waals surface area contributed by atoms with E-state index >= 15 is 0 Å². The third-order valence-corrected chi connectivity index (χ3v) is 12.8. The molecule has 1 heterocycles. The molecule has 1 aromatic heterocycles. The first kappa shape index (κ1) is 32.0. The number of hydrogen-bond acceptors (Lipinski definition) is 0. The normalized spacial score (nSPS) is 14.5. The Labute approximate surface area is 323 Å². The van der Waals surface area contributed by atoms with Crippen molar-refractivity contribution in [1.82, 2.24) is 4.57 Å². The monoisotopic (exact) mass is 703 g/mol. The van der Waals surface area contributed by atoms with Crippen LogP contribution >= 0.6 is 0 Å². The Kier molecular flexibility index (Phi) is 6.72. The molecule has 0 atom stereocenters. The molecular formula is C54H41N. The van der Waals surface area contributed by atoms with Gasteiger partial charge in [-0.05, 0) is 120 Å². The van der Waals surface area contributed by atoms with E-state index in [1.807, 2.05) is 0 Å². The Bertz CT molecular complexity index is 3010. The van der Waals surface area contributed by atoms with Gasteiger partial charge in [0.25, 0.3) is 0 Å². The van der Waals surface area contributed by atoms with Gasteiger partial charge in [0.1, 0.15) is 0 Å². The van der Waals surface area contributed by atoms with E-state index in [0.717, 1.165) is 5.69 Å². The zero-order chi connectivity index (χ0) is 37.1. The summed E-state index contributed by atoms with van der Waals surface area (Å²) in [6.45, 7) is 9.44. The van der Waals surface area contributed by atoms with Gasteiger partial charge >= 0.3 is 0 Å². The van der Waals surface area contributed by atoms with Crippen molar-refractivity contribution in [2.75, 3.05) is 0 Å². The van der Waals surface area contributed by atoms with E-state index in [9.17, 15) is 0 Å². The third-order valence-electron chi connectivity index (χ3n) is 12.8. The van der Waals surface area contributed by atoms with Gasteiger partial charge < -0.3 is 4.57 Å². The molecule has 1 nitrogen and oxygen atoms in total. The Balaban J connectivity index is 1.18. The Morgan fingerprint density at radius 3 is 1.40 bits per heavy atom. The second-order valence-corrected chi connectivity index (χ2v) is 16.5. The molecule has 11 rings (SSSR count). The topological polar surface area (TPSA) is 4.93 Å². The molecule has 8 aromatic carbocycles. The van der Waals surface area contributed by atoms with Crippen molar-refractivity contribution in [2.24, 2.45) is 0 Å². The molecule has 1 heteroatoms. The Morgan fingerprint density at radius 1 is 0.309 bits per heavy atom. The lowest BCUT2D eigenvalue weighted by molar-refractivity contribution is 0.660. The van der Waals surface area contributed by atoms with Gasteiger partial charge in [-0.15, -0.1) is 0 Å². The van der Waals surface area contributed by atoms with Crippen molar-refractivity contribution in [2.45, 2.75) is 38.5 Å². The highest BCUT2D eigenvalue weighted by Gasteiger charge is 2.37. The minimum absolute atomic E-state index is 0.0408. The molecule has 9 aromatic rings. The maximum absolute atomic E-state index is 2.47. The van der Waals surface area contributed by atoms with Crippen LogP contribution in [0.3, 0.4) is 0 Å².